The molecule has 0 saturated carbocycles. The summed E-state index contributed by atoms with van der Waals surface area (Å²) < 4.78 is 0. The van der Waals surface area contributed by atoms with E-state index in [2.05, 4.69) is 12.1 Å². The lowest BCUT2D eigenvalue weighted by molar-refractivity contribution is 0.0785. The van der Waals surface area contributed by atoms with E-state index in [-0.39, 0.29) is 5.91 Å². The van der Waals surface area contributed by atoms with Crippen LogP contribution in [0.5, 0.6) is 0 Å². The zero-order chi connectivity index (χ0) is 15.5. The smallest absolute Gasteiger partial charge is 0.253 e. The maximum Gasteiger partial charge on any atom is 0.253 e. The van der Waals surface area contributed by atoms with Gasteiger partial charge in [-0.1, -0.05) is 18.2 Å². The topological polar surface area (TPSA) is 44.1 Å². The van der Waals surface area contributed by atoms with E-state index in [1.165, 1.54) is 17.5 Å². The molecule has 1 aliphatic rings. The number of nitriles is 1. The van der Waals surface area contributed by atoms with E-state index >= 15 is 0 Å². The van der Waals surface area contributed by atoms with Crippen LogP contribution in [-0.4, -0.2) is 17.9 Å². The molecule has 0 atom stereocenters. The highest BCUT2D eigenvalue weighted by molar-refractivity contribution is 5.94. The zero-order valence-corrected chi connectivity index (χ0v) is 12.7. The Morgan fingerprint density at radius 2 is 1.86 bits per heavy atom. The van der Waals surface area contributed by atoms with Gasteiger partial charge in [0.1, 0.15) is 0 Å². The largest absolute Gasteiger partial charge is 0.337 e. The quantitative estimate of drug-likeness (QED) is 0.870. The average molecular weight is 290 g/mol. The number of rotatable bonds is 3. The van der Waals surface area contributed by atoms with Gasteiger partial charge in [0.05, 0.1) is 11.6 Å². The first kappa shape index (κ1) is 14.3. The molecule has 3 rings (SSSR count). The second-order valence-electron chi connectivity index (χ2n) is 5.81. The van der Waals surface area contributed by atoms with Gasteiger partial charge in [-0.2, -0.15) is 5.26 Å². The lowest BCUT2D eigenvalue weighted by Crippen LogP contribution is -2.26. The van der Waals surface area contributed by atoms with E-state index in [1.54, 1.807) is 17.0 Å². The molecule has 3 nitrogen and oxygen atoms in total. The van der Waals surface area contributed by atoms with Crippen molar-refractivity contribution >= 4 is 5.91 Å². The first-order chi connectivity index (χ1) is 10.7. The number of amides is 1. The molecule has 0 aromatic heterocycles. The third-order valence-electron chi connectivity index (χ3n) is 4.19. The molecule has 0 fully saturated rings. The molecule has 0 spiro atoms. The van der Waals surface area contributed by atoms with E-state index in [0.717, 1.165) is 24.0 Å². The fourth-order valence-corrected chi connectivity index (χ4v) is 2.96. The van der Waals surface area contributed by atoms with Gasteiger partial charge in [-0.25, -0.2) is 0 Å². The number of benzene rings is 2. The number of carbonyl (C=O) groups excluding carboxylic acids is 1. The molecule has 0 heterocycles. The minimum atomic E-state index is 0.0408. The molecule has 0 radical (unpaired) electrons. The SMILES string of the molecule is CN(Cc1ccc(C#N)cc1)C(=O)c1ccc2c(c1)CCC2. The van der Waals surface area contributed by atoms with Crippen molar-refractivity contribution in [3.63, 3.8) is 0 Å². The lowest BCUT2D eigenvalue weighted by Gasteiger charge is -2.18. The van der Waals surface area contributed by atoms with Crippen molar-refractivity contribution in [2.75, 3.05) is 7.05 Å². The first-order valence-electron chi connectivity index (χ1n) is 7.53. The van der Waals surface area contributed by atoms with Crippen LogP contribution in [0, 0.1) is 11.3 Å². The number of fused-ring (bicyclic) bond motifs is 1. The molecule has 0 bridgehead atoms. The van der Waals surface area contributed by atoms with Crippen molar-refractivity contribution in [3.05, 3.63) is 70.3 Å². The van der Waals surface area contributed by atoms with Crippen LogP contribution in [0.3, 0.4) is 0 Å². The predicted molar refractivity (Wildman–Crippen MR) is 85.4 cm³/mol. The van der Waals surface area contributed by atoms with Crippen LogP contribution in [0.4, 0.5) is 0 Å². The molecule has 110 valence electrons. The molecule has 0 saturated heterocycles. The maximum absolute atomic E-state index is 12.5. The van der Waals surface area contributed by atoms with Gasteiger partial charge >= 0.3 is 0 Å². The molecule has 2 aromatic rings. The molecule has 1 amide bonds. The second kappa shape index (κ2) is 6.03. The summed E-state index contributed by atoms with van der Waals surface area (Å²) in [4.78, 5) is 14.3. The van der Waals surface area contributed by atoms with Gasteiger partial charge in [0.2, 0.25) is 0 Å². The average Bonchev–Trinajstić information content (AvgIpc) is 3.02. The fraction of sp³-hybridized carbons (Fsp3) is 0.263. The Morgan fingerprint density at radius 1 is 1.14 bits per heavy atom. The predicted octanol–water partition coefficient (Wildman–Crippen LogP) is 3.32. The molecular weight excluding hydrogens is 272 g/mol. The Balaban J connectivity index is 1.72. The monoisotopic (exact) mass is 290 g/mol. The summed E-state index contributed by atoms with van der Waals surface area (Å²) in [7, 11) is 1.81. The third-order valence-corrected chi connectivity index (χ3v) is 4.19. The van der Waals surface area contributed by atoms with E-state index < -0.39 is 0 Å². The van der Waals surface area contributed by atoms with Crippen LogP contribution >= 0.6 is 0 Å². The first-order valence-corrected chi connectivity index (χ1v) is 7.53. The molecular formula is C19H18N2O. The summed E-state index contributed by atoms with van der Waals surface area (Å²) in [6.45, 7) is 0.543. The van der Waals surface area contributed by atoms with Crippen molar-refractivity contribution in [3.8, 4) is 6.07 Å². The molecule has 1 aliphatic carbocycles. The molecule has 0 unspecified atom stereocenters. The highest BCUT2D eigenvalue weighted by Crippen LogP contribution is 2.23. The van der Waals surface area contributed by atoms with Crippen LogP contribution < -0.4 is 0 Å². The Labute approximate surface area is 130 Å². The lowest BCUT2D eigenvalue weighted by atomic mass is 10.1. The van der Waals surface area contributed by atoms with Gasteiger partial charge in [0.15, 0.2) is 0 Å². The van der Waals surface area contributed by atoms with Crippen molar-refractivity contribution in [1.29, 1.82) is 5.26 Å². The number of hydrogen-bond donors (Lipinski definition) is 0. The molecule has 0 N–H and O–H groups in total. The minimum Gasteiger partial charge on any atom is -0.337 e. The van der Waals surface area contributed by atoms with Crippen molar-refractivity contribution < 1.29 is 4.79 Å². The molecule has 22 heavy (non-hydrogen) atoms. The van der Waals surface area contributed by atoms with Gasteiger partial charge in [0.25, 0.3) is 5.91 Å². The molecule has 3 heteroatoms. The van der Waals surface area contributed by atoms with E-state index in [0.29, 0.717) is 12.1 Å². The highest BCUT2D eigenvalue weighted by atomic mass is 16.2. The standard InChI is InChI=1S/C19H18N2O/c1-21(13-15-7-5-14(12-20)6-8-15)19(22)18-10-9-16-3-2-4-17(16)11-18/h5-11H,2-4,13H2,1H3. The van der Waals surface area contributed by atoms with Gasteiger partial charge in [-0.05, 0) is 60.2 Å². The Hall–Kier alpha value is -2.60. The fourth-order valence-electron chi connectivity index (χ4n) is 2.96. The number of nitrogens with zero attached hydrogens (tertiary/aromatic N) is 2. The molecule has 0 aliphatic heterocycles. The van der Waals surface area contributed by atoms with Crippen LogP contribution in [-0.2, 0) is 19.4 Å². The highest BCUT2D eigenvalue weighted by Gasteiger charge is 2.16. The van der Waals surface area contributed by atoms with Crippen molar-refractivity contribution in [2.24, 2.45) is 0 Å². The zero-order valence-electron chi connectivity index (χ0n) is 12.7. The summed E-state index contributed by atoms with van der Waals surface area (Å²) in [6, 6.07) is 15.5. The summed E-state index contributed by atoms with van der Waals surface area (Å²) >= 11 is 0. The molecule has 2 aromatic carbocycles. The summed E-state index contributed by atoms with van der Waals surface area (Å²) in [5.74, 6) is 0.0408. The normalized spacial score (nSPS) is 12.5. The number of aryl methyl sites for hydroxylation is 2. The van der Waals surface area contributed by atoms with E-state index in [1.807, 2.05) is 31.3 Å². The van der Waals surface area contributed by atoms with Crippen molar-refractivity contribution in [2.45, 2.75) is 25.8 Å². The summed E-state index contributed by atoms with van der Waals surface area (Å²) in [5.41, 5.74) is 5.12. The van der Waals surface area contributed by atoms with Crippen LogP contribution in [0.1, 0.15) is 39.0 Å². The van der Waals surface area contributed by atoms with Gasteiger partial charge < -0.3 is 4.90 Å². The maximum atomic E-state index is 12.5. The van der Waals surface area contributed by atoms with Crippen LogP contribution in [0.15, 0.2) is 42.5 Å². The minimum absolute atomic E-state index is 0.0408. The summed E-state index contributed by atoms with van der Waals surface area (Å²) in [5, 5.41) is 8.81. The van der Waals surface area contributed by atoms with Crippen LogP contribution in [0.25, 0.3) is 0 Å². The Bertz CT molecular complexity index is 741. The van der Waals surface area contributed by atoms with Crippen LogP contribution in [0.2, 0.25) is 0 Å². The summed E-state index contributed by atoms with van der Waals surface area (Å²) in [6.07, 6.45) is 3.40. The van der Waals surface area contributed by atoms with Crippen molar-refractivity contribution in [1.82, 2.24) is 4.90 Å². The number of carbonyl (C=O) groups is 1. The Kier molecular flexibility index (Phi) is 3.93. The number of hydrogen-bond acceptors (Lipinski definition) is 2. The van der Waals surface area contributed by atoms with Gasteiger partial charge in [-0.3, -0.25) is 4.79 Å². The van der Waals surface area contributed by atoms with E-state index in [9.17, 15) is 4.79 Å². The Morgan fingerprint density at radius 3 is 2.59 bits per heavy atom. The second-order valence-corrected chi connectivity index (χ2v) is 5.81. The van der Waals surface area contributed by atoms with Gasteiger partial charge in [-0.15, -0.1) is 0 Å². The third kappa shape index (κ3) is 2.87. The van der Waals surface area contributed by atoms with E-state index in [4.69, 9.17) is 5.26 Å². The van der Waals surface area contributed by atoms with Gasteiger partial charge in [0, 0.05) is 19.2 Å².